The van der Waals surface area contributed by atoms with Gasteiger partial charge in [-0.25, -0.2) is 0 Å². The highest BCUT2D eigenvalue weighted by Crippen LogP contribution is 2.36. The first kappa shape index (κ1) is 36.7. The van der Waals surface area contributed by atoms with Gasteiger partial charge in [-0.3, -0.25) is 14.5 Å². The van der Waals surface area contributed by atoms with Crippen LogP contribution in [0.25, 0.3) is 0 Å². The van der Waals surface area contributed by atoms with Gasteiger partial charge in [0.15, 0.2) is 0 Å². The molecule has 10 nitrogen and oxygen atoms in total. The second-order valence-corrected chi connectivity index (χ2v) is 15.7. The fourth-order valence-electron chi connectivity index (χ4n) is 5.02. The second kappa shape index (κ2) is 20.4. The van der Waals surface area contributed by atoms with Crippen LogP contribution in [-0.4, -0.2) is 117 Å². The highest BCUT2D eigenvalue weighted by Gasteiger charge is 2.50. The molecular formula is C34H49NO9Si. The van der Waals surface area contributed by atoms with E-state index in [0.717, 1.165) is 4.90 Å². The summed E-state index contributed by atoms with van der Waals surface area (Å²) in [6.07, 6.45) is 2.52. The molecule has 1 aliphatic heterocycles. The highest BCUT2D eigenvalue weighted by atomic mass is 28.4. The van der Waals surface area contributed by atoms with E-state index in [1.807, 2.05) is 12.1 Å². The molecule has 0 spiro atoms. The molecule has 0 bridgehead atoms. The topological polar surface area (TPSA) is 102 Å². The van der Waals surface area contributed by atoms with Crippen LogP contribution >= 0.6 is 0 Å². The molecule has 11 heteroatoms. The van der Waals surface area contributed by atoms with Crippen molar-refractivity contribution in [3.8, 4) is 0 Å². The van der Waals surface area contributed by atoms with Gasteiger partial charge in [0.25, 0.3) is 20.1 Å². The molecule has 0 fully saturated rings. The number of amides is 2. The minimum Gasteiger partial charge on any atom is -0.405 e. The number of ether oxygens (including phenoxy) is 6. The van der Waals surface area contributed by atoms with Gasteiger partial charge >= 0.3 is 0 Å². The second-order valence-electron chi connectivity index (χ2n) is 11.3. The quantitative estimate of drug-likeness (QED) is 0.0971. The number of benzene rings is 2. The highest BCUT2D eigenvalue weighted by molar-refractivity contribution is 6.99. The average Bonchev–Trinajstić information content (AvgIpc) is 3.36. The summed E-state index contributed by atoms with van der Waals surface area (Å²) in [4.78, 5) is 24.0. The summed E-state index contributed by atoms with van der Waals surface area (Å²) < 4.78 is 40.1. The lowest BCUT2D eigenvalue weighted by Gasteiger charge is -2.43. The summed E-state index contributed by atoms with van der Waals surface area (Å²) in [5.74, 6) is -0.605. The molecule has 0 unspecified atom stereocenters. The molecule has 0 N–H and O–H groups in total. The van der Waals surface area contributed by atoms with Crippen LogP contribution in [0.5, 0.6) is 0 Å². The zero-order chi connectivity index (χ0) is 32.2. The van der Waals surface area contributed by atoms with E-state index in [4.69, 9.17) is 32.8 Å². The number of carbonyl (C=O) groups excluding carboxylic acids is 2. The van der Waals surface area contributed by atoms with Gasteiger partial charge < -0.3 is 32.8 Å². The molecule has 0 saturated carbocycles. The zero-order valence-electron chi connectivity index (χ0n) is 26.9. The van der Waals surface area contributed by atoms with Gasteiger partial charge in [0.1, 0.15) is 0 Å². The van der Waals surface area contributed by atoms with Crippen LogP contribution in [0.3, 0.4) is 0 Å². The Bertz CT molecular complexity index is 1080. The standard InChI is InChI=1S/C34H49NO9Si/c1-34(2,3)45(30-10-6-4-7-11-30,31-12-8-5-9-13-31)44-29-28-43-27-26-42-25-24-41-23-22-40-21-20-39-19-18-38-17-16-35-32(36)14-15-33(35)37/h4-15H,16-29H2,1-3H3. The molecule has 2 aromatic carbocycles. The van der Waals surface area contributed by atoms with E-state index in [0.29, 0.717) is 79.3 Å². The van der Waals surface area contributed by atoms with Gasteiger partial charge in [0.05, 0.1) is 92.4 Å². The Morgan fingerprint density at radius 3 is 1.20 bits per heavy atom. The van der Waals surface area contributed by atoms with Crippen molar-refractivity contribution in [2.24, 2.45) is 0 Å². The molecule has 1 heterocycles. The van der Waals surface area contributed by atoms with Gasteiger partial charge in [0.2, 0.25) is 0 Å². The Morgan fingerprint density at radius 2 is 0.844 bits per heavy atom. The maximum Gasteiger partial charge on any atom is 0.261 e. The summed E-state index contributed by atoms with van der Waals surface area (Å²) in [5.41, 5.74) is 0. The van der Waals surface area contributed by atoms with Crippen molar-refractivity contribution >= 4 is 30.5 Å². The van der Waals surface area contributed by atoms with Crippen LogP contribution in [0.15, 0.2) is 72.8 Å². The van der Waals surface area contributed by atoms with Crippen molar-refractivity contribution in [1.82, 2.24) is 4.90 Å². The Kier molecular flexibility index (Phi) is 16.6. The van der Waals surface area contributed by atoms with Gasteiger partial charge in [-0.2, -0.15) is 0 Å². The summed E-state index contributed by atoms with van der Waals surface area (Å²) in [5, 5.41) is 2.46. The summed E-state index contributed by atoms with van der Waals surface area (Å²) >= 11 is 0. The monoisotopic (exact) mass is 643 g/mol. The zero-order valence-corrected chi connectivity index (χ0v) is 27.9. The average molecular weight is 644 g/mol. The summed E-state index contributed by atoms with van der Waals surface area (Å²) in [7, 11) is -2.54. The Morgan fingerprint density at radius 1 is 0.511 bits per heavy atom. The van der Waals surface area contributed by atoms with E-state index < -0.39 is 8.32 Å². The summed E-state index contributed by atoms with van der Waals surface area (Å²) in [6.45, 7) is 12.9. The van der Waals surface area contributed by atoms with Crippen molar-refractivity contribution in [2.75, 3.05) is 92.4 Å². The van der Waals surface area contributed by atoms with Crippen molar-refractivity contribution in [3.05, 3.63) is 72.8 Å². The molecule has 1 aliphatic rings. The predicted molar refractivity (Wildman–Crippen MR) is 174 cm³/mol. The van der Waals surface area contributed by atoms with E-state index in [2.05, 4.69) is 69.3 Å². The Labute approximate surface area is 268 Å². The lowest BCUT2D eigenvalue weighted by molar-refractivity contribution is -0.137. The lowest BCUT2D eigenvalue weighted by atomic mass is 10.2. The van der Waals surface area contributed by atoms with E-state index in [1.54, 1.807) is 0 Å². The SMILES string of the molecule is CC(C)(C)[Si](OCCOCCOCCOCCOCCOCCOCCN1C(=O)C=CC1=O)(c1ccccc1)c1ccccc1. The van der Waals surface area contributed by atoms with Crippen LogP contribution in [0.1, 0.15) is 20.8 Å². The maximum atomic E-state index is 11.4. The molecule has 0 aromatic heterocycles. The molecule has 0 saturated heterocycles. The van der Waals surface area contributed by atoms with Crippen LogP contribution in [0.4, 0.5) is 0 Å². The van der Waals surface area contributed by atoms with Crippen LogP contribution in [-0.2, 0) is 42.4 Å². The maximum absolute atomic E-state index is 11.4. The third-order valence-electron chi connectivity index (χ3n) is 7.18. The number of carbonyl (C=O) groups is 2. The van der Waals surface area contributed by atoms with Gasteiger partial charge in [-0.05, 0) is 15.4 Å². The fourth-order valence-corrected chi connectivity index (χ4v) is 9.57. The summed E-state index contributed by atoms with van der Waals surface area (Å²) in [6, 6.07) is 21.2. The van der Waals surface area contributed by atoms with E-state index in [1.165, 1.54) is 22.5 Å². The molecule has 0 aliphatic carbocycles. The van der Waals surface area contributed by atoms with Crippen molar-refractivity contribution < 1.29 is 42.4 Å². The molecule has 248 valence electrons. The smallest absolute Gasteiger partial charge is 0.261 e. The first-order valence-electron chi connectivity index (χ1n) is 15.6. The number of hydrogen-bond donors (Lipinski definition) is 0. The van der Waals surface area contributed by atoms with Gasteiger partial charge in [-0.15, -0.1) is 0 Å². The van der Waals surface area contributed by atoms with Crippen LogP contribution in [0.2, 0.25) is 5.04 Å². The molecular weight excluding hydrogens is 594 g/mol. The van der Waals surface area contributed by atoms with E-state index in [-0.39, 0.29) is 30.0 Å². The largest absolute Gasteiger partial charge is 0.405 e. The van der Waals surface area contributed by atoms with E-state index >= 15 is 0 Å². The first-order chi connectivity index (χ1) is 21.9. The molecule has 0 radical (unpaired) electrons. The van der Waals surface area contributed by atoms with Crippen molar-refractivity contribution in [1.29, 1.82) is 0 Å². The molecule has 45 heavy (non-hydrogen) atoms. The third kappa shape index (κ3) is 12.2. The lowest BCUT2D eigenvalue weighted by Crippen LogP contribution is -2.66. The molecule has 2 aromatic rings. The number of imide groups is 1. The van der Waals surface area contributed by atoms with Gasteiger partial charge in [0, 0.05) is 12.2 Å². The Hall–Kier alpha value is -2.74. The molecule has 0 atom stereocenters. The third-order valence-corrected chi connectivity index (χ3v) is 12.2. The molecule has 3 rings (SSSR count). The van der Waals surface area contributed by atoms with Gasteiger partial charge in [-0.1, -0.05) is 81.4 Å². The molecule has 2 amide bonds. The van der Waals surface area contributed by atoms with Crippen molar-refractivity contribution in [3.63, 3.8) is 0 Å². The predicted octanol–water partition coefficient (Wildman–Crippen LogP) is 2.59. The minimum absolute atomic E-state index is 0.0613. The first-order valence-corrected chi connectivity index (χ1v) is 17.5. The number of hydrogen-bond acceptors (Lipinski definition) is 9. The minimum atomic E-state index is -2.54. The number of nitrogens with zero attached hydrogens (tertiary/aromatic N) is 1. The number of rotatable bonds is 24. The van der Waals surface area contributed by atoms with Crippen molar-refractivity contribution in [2.45, 2.75) is 25.8 Å². The Balaban J connectivity index is 1.14. The fraction of sp³-hybridized carbons (Fsp3) is 0.529. The normalized spacial score (nSPS) is 13.7. The van der Waals surface area contributed by atoms with Crippen LogP contribution < -0.4 is 10.4 Å². The van der Waals surface area contributed by atoms with E-state index in [9.17, 15) is 9.59 Å². The van der Waals surface area contributed by atoms with Crippen LogP contribution in [0, 0.1) is 0 Å².